The molecule has 0 amide bonds. The molecule has 0 heterocycles. The lowest BCUT2D eigenvalue weighted by atomic mass is 10.2. The third kappa shape index (κ3) is 6.44. The second-order valence-corrected chi connectivity index (χ2v) is 5.17. The van der Waals surface area contributed by atoms with Crippen molar-refractivity contribution in [2.24, 2.45) is 0 Å². The lowest BCUT2D eigenvalue weighted by Crippen LogP contribution is -2.37. The summed E-state index contributed by atoms with van der Waals surface area (Å²) >= 11 is 3.29. The molecule has 0 fully saturated rings. The second-order valence-electron chi connectivity index (χ2n) is 4.26. The summed E-state index contributed by atoms with van der Waals surface area (Å²) in [5, 5.41) is 6.61. The molecule has 0 aliphatic rings. The van der Waals surface area contributed by atoms with Crippen LogP contribution >= 0.6 is 15.9 Å². The normalized spacial score (nSPS) is 12.7. The Balaban J connectivity index is 2.26. The van der Waals surface area contributed by atoms with Crippen LogP contribution in [0.5, 0.6) is 0 Å². The average Bonchev–Trinajstić information content (AvgIpc) is 2.31. The summed E-state index contributed by atoms with van der Waals surface area (Å²) in [6.45, 7) is 5.16. The second kappa shape index (κ2) is 8.58. The Hall–Kier alpha value is -0.490. The van der Waals surface area contributed by atoms with Gasteiger partial charge in [0, 0.05) is 37.3 Å². The fraction of sp³-hybridized carbons (Fsp3) is 0.538. The molecule has 1 atom stereocenters. The van der Waals surface area contributed by atoms with Crippen molar-refractivity contribution >= 4 is 15.9 Å². The highest BCUT2D eigenvalue weighted by molar-refractivity contribution is 9.10. The first kappa shape index (κ1) is 15.6. The maximum Gasteiger partial charge on any atom is 0.124 e. The Morgan fingerprint density at radius 1 is 1.39 bits per heavy atom. The van der Waals surface area contributed by atoms with Crippen LogP contribution in [-0.2, 0) is 11.3 Å². The van der Waals surface area contributed by atoms with Crippen LogP contribution in [-0.4, -0.2) is 32.8 Å². The van der Waals surface area contributed by atoms with Gasteiger partial charge in [-0.15, -0.1) is 0 Å². The predicted octanol–water partition coefficient (Wildman–Crippen LogP) is 2.30. The van der Waals surface area contributed by atoms with E-state index >= 15 is 0 Å². The zero-order chi connectivity index (χ0) is 13.4. The van der Waals surface area contributed by atoms with Crippen molar-refractivity contribution < 1.29 is 9.13 Å². The van der Waals surface area contributed by atoms with Crippen LogP contribution in [0.15, 0.2) is 22.7 Å². The van der Waals surface area contributed by atoms with Gasteiger partial charge in [0.25, 0.3) is 0 Å². The van der Waals surface area contributed by atoms with Gasteiger partial charge in [0.15, 0.2) is 0 Å². The fourth-order valence-corrected chi connectivity index (χ4v) is 2.08. The van der Waals surface area contributed by atoms with Crippen molar-refractivity contribution in [3.63, 3.8) is 0 Å². The number of methoxy groups -OCH3 is 1. The van der Waals surface area contributed by atoms with Gasteiger partial charge in [-0.3, -0.25) is 0 Å². The molecular formula is C13H20BrFN2O. The Morgan fingerprint density at radius 2 is 2.17 bits per heavy atom. The molecule has 0 radical (unpaired) electrons. The molecule has 18 heavy (non-hydrogen) atoms. The summed E-state index contributed by atoms with van der Waals surface area (Å²) in [6.07, 6.45) is 0. The van der Waals surface area contributed by atoms with E-state index in [1.165, 1.54) is 6.07 Å². The highest BCUT2D eigenvalue weighted by atomic mass is 79.9. The molecule has 0 saturated heterocycles. The van der Waals surface area contributed by atoms with E-state index in [0.717, 1.165) is 23.1 Å². The van der Waals surface area contributed by atoms with E-state index in [2.05, 4.69) is 33.5 Å². The first-order valence-corrected chi connectivity index (χ1v) is 6.79. The van der Waals surface area contributed by atoms with Crippen LogP contribution in [0.1, 0.15) is 12.5 Å². The minimum Gasteiger partial charge on any atom is -0.383 e. The smallest absolute Gasteiger partial charge is 0.124 e. The van der Waals surface area contributed by atoms with Gasteiger partial charge < -0.3 is 15.4 Å². The van der Waals surface area contributed by atoms with Crippen LogP contribution in [0.25, 0.3) is 0 Å². The van der Waals surface area contributed by atoms with Crippen molar-refractivity contribution in [1.82, 2.24) is 10.6 Å². The van der Waals surface area contributed by atoms with E-state index in [0.29, 0.717) is 19.2 Å². The van der Waals surface area contributed by atoms with Gasteiger partial charge in [-0.1, -0.05) is 15.9 Å². The maximum absolute atomic E-state index is 13.2. The van der Waals surface area contributed by atoms with Gasteiger partial charge in [0.2, 0.25) is 0 Å². The molecule has 1 unspecified atom stereocenters. The highest BCUT2D eigenvalue weighted by Crippen LogP contribution is 2.14. The summed E-state index contributed by atoms with van der Waals surface area (Å²) in [5.41, 5.74) is 0.936. The molecule has 3 nitrogen and oxygen atoms in total. The summed E-state index contributed by atoms with van der Waals surface area (Å²) < 4.78 is 18.9. The minimum atomic E-state index is -0.216. The molecule has 0 spiro atoms. The Morgan fingerprint density at radius 3 is 2.83 bits per heavy atom. The minimum absolute atomic E-state index is 0.216. The molecule has 0 saturated carbocycles. The van der Waals surface area contributed by atoms with Gasteiger partial charge in [0.1, 0.15) is 5.82 Å². The van der Waals surface area contributed by atoms with Gasteiger partial charge in [-0.25, -0.2) is 4.39 Å². The molecular weight excluding hydrogens is 299 g/mol. The van der Waals surface area contributed by atoms with Crippen molar-refractivity contribution in [2.75, 3.05) is 26.8 Å². The lowest BCUT2D eigenvalue weighted by molar-refractivity contribution is 0.198. The fourth-order valence-electron chi connectivity index (χ4n) is 1.57. The molecule has 5 heteroatoms. The number of hydrogen-bond acceptors (Lipinski definition) is 3. The van der Waals surface area contributed by atoms with Crippen LogP contribution in [0.3, 0.4) is 0 Å². The third-order valence-electron chi connectivity index (χ3n) is 2.51. The summed E-state index contributed by atoms with van der Waals surface area (Å²) in [7, 11) is 1.69. The SMILES string of the molecule is COCCNCC(C)NCc1cc(F)cc(Br)c1. The molecule has 1 aromatic carbocycles. The van der Waals surface area contributed by atoms with E-state index in [9.17, 15) is 4.39 Å². The van der Waals surface area contributed by atoms with Crippen molar-refractivity contribution in [1.29, 1.82) is 0 Å². The summed E-state index contributed by atoms with van der Waals surface area (Å²) in [4.78, 5) is 0. The van der Waals surface area contributed by atoms with E-state index in [1.807, 2.05) is 6.07 Å². The molecule has 0 aromatic heterocycles. The van der Waals surface area contributed by atoms with Crippen LogP contribution in [0.2, 0.25) is 0 Å². The molecule has 102 valence electrons. The number of ether oxygens (including phenoxy) is 1. The average molecular weight is 319 g/mol. The Labute approximate surface area is 116 Å². The van der Waals surface area contributed by atoms with Crippen LogP contribution < -0.4 is 10.6 Å². The molecule has 0 aliphatic heterocycles. The van der Waals surface area contributed by atoms with E-state index in [4.69, 9.17) is 4.74 Å². The number of halogens is 2. The maximum atomic E-state index is 13.2. The van der Waals surface area contributed by atoms with Crippen molar-refractivity contribution in [3.8, 4) is 0 Å². The van der Waals surface area contributed by atoms with Crippen molar-refractivity contribution in [3.05, 3.63) is 34.1 Å². The quantitative estimate of drug-likeness (QED) is 0.722. The van der Waals surface area contributed by atoms with Crippen molar-refractivity contribution in [2.45, 2.75) is 19.5 Å². The number of nitrogens with one attached hydrogen (secondary N) is 2. The van der Waals surface area contributed by atoms with Gasteiger partial charge in [0.05, 0.1) is 6.61 Å². The molecule has 1 aromatic rings. The molecule has 2 N–H and O–H groups in total. The number of benzene rings is 1. The Kier molecular flexibility index (Phi) is 7.42. The van der Waals surface area contributed by atoms with Crippen LogP contribution in [0.4, 0.5) is 4.39 Å². The lowest BCUT2D eigenvalue weighted by Gasteiger charge is -2.14. The zero-order valence-electron chi connectivity index (χ0n) is 10.8. The largest absolute Gasteiger partial charge is 0.383 e. The Bertz CT molecular complexity index is 343. The standard InChI is InChI=1S/C13H20BrFN2O/c1-10(8-16-3-4-18-2)17-9-11-5-12(14)7-13(15)6-11/h5-7,10,16-17H,3-4,8-9H2,1-2H3. The first-order chi connectivity index (χ1) is 8.61. The van der Waals surface area contributed by atoms with E-state index in [-0.39, 0.29) is 5.82 Å². The zero-order valence-corrected chi connectivity index (χ0v) is 12.4. The van der Waals surface area contributed by atoms with E-state index in [1.54, 1.807) is 13.2 Å². The van der Waals surface area contributed by atoms with Crippen LogP contribution in [0, 0.1) is 5.82 Å². The monoisotopic (exact) mass is 318 g/mol. The molecule has 0 bridgehead atoms. The molecule has 1 rings (SSSR count). The number of rotatable bonds is 8. The third-order valence-corrected chi connectivity index (χ3v) is 2.97. The predicted molar refractivity (Wildman–Crippen MR) is 75.1 cm³/mol. The molecule has 0 aliphatic carbocycles. The summed E-state index contributed by atoms with van der Waals surface area (Å²) in [6, 6.07) is 5.24. The van der Waals surface area contributed by atoms with Gasteiger partial charge in [-0.2, -0.15) is 0 Å². The number of hydrogen-bond donors (Lipinski definition) is 2. The van der Waals surface area contributed by atoms with Gasteiger partial charge >= 0.3 is 0 Å². The highest BCUT2D eigenvalue weighted by Gasteiger charge is 2.03. The van der Waals surface area contributed by atoms with E-state index < -0.39 is 0 Å². The van der Waals surface area contributed by atoms with Gasteiger partial charge in [-0.05, 0) is 30.7 Å². The summed E-state index contributed by atoms with van der Waals surface area (Å²) in [5.74, 6) is -0.216. The topological polar surface area (TPSA) is 33.3 Å². The first-order valence-electron chi connectivity index (χ1n) is 6.00.